The zero-order chi connectivity index (χ0) is 19.0. The number of carbonyl (C=O) groups excluding carboxylic acids is 2. The molecule has 0 aliphatic carbocycles. The van der Waals surface area contributed by atoms with Crippen LogP contribution in [0.25, 0.3) is 11.3 Å². The molecule has 2 aromatic rings. The van der Waals surface area contributed by atoms with Gasteiger partial charge in [0.1, 0.15) is 6.10 Å². The fourth-order valence-electron chi connectivity index (χ4n) is 3.24. The number of cyclic esters (lactones) is 1. The number of rotatable bonds is 3. The van der Waals surface area contributed by atoms with Gasteiger partial charge in [-0.15, -0.1) is 11.8 Å². The number of nitrogens with zero attached hydrogens (tertiary/aromatic N) is 3. The Balaban J connectivity index is 1.61. The summed E-state index contributed by atoms with van der Waals surface area (Å²) in [6, 6.07) is 5.86. The largest absolute Gasteiger partial charge is 0.442 e. The van der Waals surface area contributed by atoms with E-state index in [4.69, 9.17) is 10.5 Å². The number of aryl methyl sites for hydroxylation is 1. The highest BCUT2D eigenvalue weighted by Gasteiger charge is 2.33. The van der Waals surface area contributed by atoms with Gasteiger partial charge in [0.05, 0.1) is 23.7 Å². The summed E-state index contributed by atoms with van der Waals surface area (Å²) in [6.07, 6.45) is 1.85. The number of thioether (sulfide) groups is 1. The Morgan fingerprint density at radius 1 is 1.48 bits per heavy atom. The van der Waals surface area contributed by atoms with Gasteiger partial charge in [-0.2, -0.15) is 0 Å². The average Bonchev–Trinajstić information content (AvgIpc) is 2.92. The first-order chi connectivity index (χ1) is 13.0. The van der Waals surface area contributed by atoms with Crippen molar-refractivity contribution in [3.63, 3.8) is 0 Å². The molecule has 0 unspecified atom stereocenters. The molecule has 0 saturated carbocycles. The maximum absolute atomic E-state index is 12.3. The van der Waals surface area contributed by atoms with Crippen LogP contribution < -0.4 is 16.0 Å². The number of hydrogen-bond acceptors (Lipinski definition) is 7. The zero-order valence-corrected chi connectivity index (χ0v) is 15.6. The molecular formula is C18H19N5O3S. The number of amides is 2. The third-order valence-corrected chi connectivity index (χ3v) is 5.53. The topological polar surface area (TPSA) is 110 Å². The Morgan fingerprint density at radius 3 is 3.15 bits per heavy atom. The van der Waals surface area contributed by atoms with E-state index >= 15 is 0 Å². The summed E-state index contributed by atoms with van der Waals surface area (Å²) in [5.74, 6) is 0.994. The van der Waals surface area contributed by atoms with Crippen molar-refractivity contribution in [3.05, 3.63) is 30.0 Å². The van der Waals surface area contributed by atoms with E-state index in [-0.39, 0.29) is 18.0 Å². The highest BCUT2D eigenvalue weighted by atomic mass is 32.2. The summed E-state index contributed by atoms with van der Waals surface area (Å²) in [5, 5.41) is 2.68. The van der Waals surface area contributed by atoms with Gasteiger partial charge in [0, 0.05) is 30.1 Å². The van der Waals surface area contributed by atoms with E-state index in [1.165, 1.54) is 6.92 Å². The van der Waals surface area contributed by atoms with Gasteiger partial charge in [-0.25, -0.2) is 14.8 Å². The molecule has 1 fully saturated rings. The molecule has 1 aromatic carbocycles. The minimum Gasteiger partial charge on any atom is -0.442 e. The lowest BCUT2D eigenvalue weighted by Crippen LogP contribution is -2.33. The molecule has 27 heavy (non-hydrogen) atoms. The standard InChI is InChI=1S/C18H19N5O3S/c1-10(24)20-7-13-9-23(18(25)26-13)12-2-3-14-11(6-12)4-5-27-15-8-21-17(19)22-16(14)15/h2-3,6,8,13H,4-5,7,9H2,1H3,(H,20,24)(H2,19,21,22)/t13-/m0/s1. The van der Waals surface area contributed by atoms with E-state index in [0.717, 1.165) is 39.6 Å². The second kappa shape index (κ2) is 7.07. The monoisotopic (exact) mass is 385 g/mol. The first-order valence-electron chi connectivity index (χ1n) is 8.62. The third kappa shape index (κ3) is 3.55. The number of aromatic nitrogens is 2. The highest BCUT2D eigenvalue weighted by molar-refractivity contribution is 7.99. The fraction of sp³-hybridized carbons (Fsp3) is 0.333. The van der Waals surface area contributed by atoms with Crippen molar-refractivity contribution in [2.45, 2.75) is 24.3 Å². The van der Waals surface area contributed by atoms with E-state index < -0.39 is 6.09 Å². The summed E-state index contributed by atoms with van der Waals surface area (Å²) in [7, 11) is 0. The Bertz CT molecular complexity index is 920. The van der Waals surface area contributed by atoms with Crippen LogP contribution in [0.5, 0.6) is 0 Å². The molecular weight excluding hydrogens is 366 g/mol. The van der Waals surface area contributed by atoms with Crippen molar-refractivity contribution in [1.29, 1.82) is 0 Å². The van der Waals surface area contributed by atoms with Crippen molar-refractivity contribution in [1.82, 2.24) is 15.3 Å². The Labute approximate surface area is 160 Å². The number of benzene rings is 1. The molecule has 0 spiro atoms. The van der Waals surface area contributed by atoms with E-state index in [1.807, 2.05) is 18.2 Å². The number of anilines is 2. The van der Waals surface area contributed by atoms with Gasteiger partial charge in [-0.1, -0.05) is 6.07 Å². The minimum absolute atomic E-state index is 0.146. The molecule has 2 amide bonds. The van der Waals surface area contributed by atoms with Gasteiger partial charge in [-0.3, -0.25) is 9.69 Å². The van der Waals surface area contributed by atoms with E-state index in [1.54, 1.807) is 22.9 Å². The second-order valence-corrected chi connectivity index (χ2v) is 7.57. The Kier molecular flexibility index (Phi) is 4.61. The van der Waals surface area contributed by atoms with Gasteiger partial charge >= 0.3 is 6.09 Å². The number of carbonyl (C=O) groups is 2. The quantitative estimate of drug-likeness (QED) is 0.829. The molecule has 2 aliphatic rings. The molecule has 3 heterocycles. The van der Waals surface area contributed by atoms with Crippen LogP contribution in [0.2, 0.25) is 0 Å². The molecule has 1 aromatic heterocycles. The zero-order valence-electron chi connectivity index (χ0n) is 14.8. The van der Waals surface area contributed by atoms with Crippen molar-refractivity contribution in [2.24, 2.45) is 0 Å². The Hall–Kier alpha value is -2.81. The van der Waals surface area contributed by atoms with Crippen molar-refractivity contribution in [2.75, 3.05) is 29.5 Å². The lowest BCUT2D eigenvalue weighted by Gasteiger charge is -2.16. The van der Waals surface area contributed by atoms with Crippen molar-refractivity contribution < 1.29 is 14.3 Å². The number of hydrogen-bond donors (Lipinski definition) is 2. The summed E-state index contributed by atoms with van der Waals surface area (Å²) in [6.45, 7) is 2.15. The van der Waals surface area contributed by atoms with E-state index in [0.29, 0.717) is 13.1 Å². The van der Waals surface area contributed by atoms with Crippen LogP contribution >= 0.6 is 11.8 Å². The van der Waals surface area contributed by atoms with Gasteiger partial charge in [-0.05, 0) is 24.1 Å². The summed E-state index contributed by atoms with van der Waals surface area (Å²) in [5.41, 5.74) is 9.50. The molecule has 0 radical (unpaired) electrons. The number of nitrogen functional groups attached to an aromatic ring is 1. The number of nitrogens with one attached hydrogen (secondary N) is 1. The van der Waals surface area contributed by atoms with Crippen LogP contribution in [0.3, 0.4) is 0 Å². The molecule has 0 bridgehead atoms. The predicted octanol–water partition coefficient (Wildman–Crippen LogP) is 1.84. The maximum Gasteiger partial charge on any atom is 0.414 e. The van der Waals surface area contributed by atoms with E-state index in [9.17, 15) is 9.59 Å². The molecule has 1 saturated heterocycles. The van der Waals surface area contributed by atoms with Gasteiger partial charge in [0.15, 0.2) is 0 Å². The molecule has 3 N–H and O–H groups in total. The number of nitrogens with two attached hydrogens (primary N) is 1. The van der Waals surface area contributed by atoms with Crippen molar-refractivity contribution in [3.8, 4) is 11.3 Å². The lowest BCUT2D eigenvalue weighted by molar-refractivity contribution is -0.119. The number of fused-ring (bicyclic) bond motifs is 3. The van der Waals surface area contributed by atoms with Gasteiger partial charge < -0.3 is 15.8 Å². The second-order valence-electron chi connectivity index (χ2n) is 6.43. The molecule has 140 valence electrons. The van der Waals surface area contributed by atoms with Crippen LogP contribution in [0.15, 0.2) is 29.3 Å². The average molecular weight is 385 g/mol. The smallest absolute Gasteiger partial charge is 0.414 e. The highest BCUT2D eigenvalue weighted by Crippen LogP contribution is 2.38. The van der Waals surface area contributed by atoms with Crippen LogP contribution in [0.1, 0.15) is 12.5 Å². The first-order valence-corrected chi connectivity index (χ1v) is 9.61. The molecule has 9 heteroatoms. The molecule has 2 aliphatic heterocycles. The van der Waals surface area contributed by atoms with Crippen LogP contribution in [-0.4, -0.2) is 46.9 Å². The predicted molar refractivity (Wildman–Crippen MR) is 103 cm³/mol. The third-order valence-electron chi connectivity index (χ3n) is 4.51. The van der Waals surface area contributed by atoms with Gasteiger partial charge in [0.2, 0.25) is 11.9 Å². The van der Waals surface area contributed by atoms with Crippen LogP contribution in [0, 0.1) is 0 Å². The fourth-order valence-corrected chi connectivity index (χ4v) is 4.20. The Morgan fingerprint density at radius 2 is 2.33 bits per heavy atom. The van der Waals surface area contributed by atoms with Gasteiger partial charge in [0.25, 0.3) is 0 Å². The van der Waals surface area contributed by atoms with Crippen LogP contribution in [-0.2, 0) is 16.0 Å². The molecule has 8 nitrogen and oxygen atoms in total. The van der Waals surface area contributed by atoms with Crippen molar-refractivity contribution >= 4 is 35.4 Å². The SMILES string of the molecule is CC(=O)NC[C@H]1CN(c2ccc3c(c2)CCSc2cnc(N)nc2-3)C(=O)O1. The summed E-state index contributed by atoms with van der Waals surface area (Å²) in [4.78, 5) is 34.4. The maximum atomic E-state index is 12.3. The first kappa shape index (κ1) is 17.6. The summed E-state index contributed by atoms with van der Waals surface area (Å²) < 4.78 is 5.35. The lowest BCUT2D eigenvalue weighted by atomic mass is 10.0. The minimum atomic E-state index is -0.403. The van der Waals surface area contributed by atoms with E-state index in [2.05, 4.69) is 15.3 Å². The molecule has 4 rings (SSSR count). The summed E-state index contributed by atoms with van der Waals surface area (Å²) >= 11 is 1.70. The molecule has 1 atom stereocenters. The normalized spacial score (nSPS) is 18.3. The van der Waals surface area contributed by atoms with Crippen LogP contribution in [0.4, 0.5) is 16.4 Å². The number of ether oxygens (including phenoxy) is 1.